The Kier molecular flexibility index (Phi) is 5.93. The number of nitrogens with zero attached hydrogens (tertiary/aromatic N) is 1. The van der Waals surface area contributed by atoms with Gasteiger partial charge in [0.15, 0.2) is 0 Å². The van der Waals surface area contributed by atoms with Crippen molar-refractivity contribution in [1.82, 2.24) is 10.2 Å². The van der Waals surface area contributed by atoms with Crippen molar-refractivity contribution >= 4 is 24.4 Å². The molecule has 6 heteroatoms. The Morgan fingerprint density at radius 1 is 1.08 bits per heavy atom. The van der Waals surface area contributed by atoms with Gasteiger partial charge in [0.2, 0.25) is 5.91 Å². The first kappa shape index (κ1) is 18.5. The predicted octanol–water partition coefficient (Wildman–Crippen LogP) is 3.08. The standard InChI is InChI=1S/C20H21FN2O2S/c21-15-7-5-14(6-8-15)13-19(24)22-16-9-11-23(12-10-16)20(25)17-3-1-2-4-18(17)26/h1-8,16,26H,9-13H2,(H,22,24). The fourth-order valence-corrected chi connectivity index (χ4v) is 3.37. The Morgan fingerprint density at radius 2 is 1.73 bits per heavy atom. The molecule has 1 aliphatic heterocycles. The van der Waals surface area contributed by atoms with Crippen molar-refractivity contribution in [1.29, 1.82) is 0 Å². The molecule has 0 spiro atoms. The molecule has 1 saturated heterocycles. The highest BCUT2D eigenvalue weighted by atomic mass is 32.1. The van der Waals surface area contributed by atoms with Crippen molar-refractivity contribution in [3.63, 3.8) is 0 Å². The highest BCUT2D eigenvalue weighted by Crippen LogP contribution is 2.19. The SMILES string of the molecule is O=C(Cc1ccc(F)cc1)NC1CCN(C(=O)c2ccccc2S)CC1. The molecule has 3 rings (SSSR count). The summed E-state index contributed by atoms with van der Waals surface area (Å²) < 4.78 is 12.9. The van der Waals surface area contributed by atoms with Crippen LogP contribution in [0.2, 0.25) is 0 Å². The second kappa shape index (κ2) is 8.36. The zero-order valence-electron chi connectivity index (χ0n) is 14.3. The molecule has 1 aliphatic rings. The Morgan fingerprint density at radius 3 is 2.38 bits per heavy atom. The highest BCUT2D eigenvalue weighted by molar-refractivity contribution is 7.80. The monoisotopic (exact) mass is 372 g/mol. The summed E-state index contributed by atoms with van der Waals surface area (Å²) in [5.74, 6) is -0.414. The van der Waals surface area contributed by atoms with Crippen LogP contribution >= 0.6 is 12.6 Å². The number of carbonyl (C=O) groups is 2. The van der Waals surface area contributed by atoms with E-state index in [2.05, 4.69) is 17.9 Å². The largest absolute Gasteiger partial charge is 0.353 e. The summed E-state index contributed by atoms with van der Waals surface area (Å²) in [6, 6.07) is 13.3. The third kappa shape index (κ3) is 4.64. The summed E-state index contributed by atoms with van der Waals surface area (Å²) in [4.78, 5) is 27.2. The summed E-state index contributed by atoms with van der Waals surface area (Å²) in [5, 5.41) is 3.01. The second-order valence-corrected chi connectivity index (χ2v) is 6.94. The maximum atomic E-state index is 12.9. The van der Waals surface area contributed by atoms with Gasteiger partial charge in [0.1, 0.15) is 5.82 Å². The van der Waals surface area contributed by atoms with Crippen molar-refractivity contribution in [3.8, 4) is 0 Å². The van der Waals surface area contributed by atoms with Crippen molar-refractivity contribution < 1.29 is 14.0 Å². The van der Waals surface area contributed by atoms with E-state index in [1.807, 2.05) is 12.1 Å². The number of thiol groups is 1. The van der Waals surface area contributed by atoms with Gasteiger partial charge in [0.25, 0.3) is 5.91 Å². The summed E-state index contributed by atoms with van der Waals surface area (Å²) in [5.41, 5.74) is 1.39. The number of piperidine rings is 1. The molecule has 0 radical (unpaired) electrons. The Labute approximate surface area is 157 Å². The van der Waals surface area contributed by atoms with Crippen LogP contribution in [0.3, 0.4) is 0 Å². The minimum atomic E-state index is -0.311. The number of benzene rings is 2. The van der Waals surface area contributed by atoms with E-state index in [4.69, 9.17) is 0 Å². The van der Waals surface area contributed by atoms with Crippen LogP contribution in [-0.2, 0) is 11.2 Å². The molecular formula is C20H21FN2O2S. The molecule has 2 amide bonds. The predicted molar refractivity (Wildman–Crippen MR) is 101 cm³/mol. The average molecular weight is 372 g/mol. The van der Waals surface area contributed by atoms with Crippen molar-refractivity contribution in [3.05, 3.63) is 65.5 Å². The van der Waals surface area contributed by atoms with E-state index >= 15 is 0 Å². The molecule has 136 valence electrons. The second-order valence-electron chi connectivity index (χ2n) is 6.45. The fourth-order valence-electron chi connectivity index (χ4n) is 3.12. The van der Waals surface area contributed by atoms with Crippen LogP contribution in [0.5, 0.6) is 0 Å². The van der Waals surface area contributed by atoms with E-state index in [9.17, 15) is 14.0 Å². The molecule has 1 N–H and O–H groups in total. The topological polar surface area (TPSA) is 49.4 Å². The van der Waals surface area contributed by atoms with E-state index in [0.29, 0.717) is 23.5 Å². The molecular weight excluding hydrogens is 351 g/mol. The first-order valence-corrected chi connectivity index (χ1v) is 9.09. The van der Waals surface area contributed by atoms with Gasteiger partial charge in [0.05, 0.1) is 12.0 Å². The molecule has 1 heterocycles. The zero-order valence-corrected chi connectivity index (χ0v) is 15.2. The number of rotatable bonds is 4. The Bertz CT molecular complexity index is 787. The van der Waals surface area contributed by atoms with Gasteiger partial charge in [-0.15, -0.1) is 12.6 Å². The molecule has 26 heavy (non-hydrogen) atoms. The lowest BCUT2D eigenvalue weighted by molar-refractivity contribution is -0.121. The van der Waals surface area contributed by atoms with Crippen molar-refractivity contribution in [2.45, 2.75) is 30.2 Å². The highest BCUT2D eigenvalue weighted by Gasteiger charge is 2.25. The third-order valence-corrected chi connectivity index (χ3v) is 4.95. The molecule has 0 atom stereocenters. The van der Waals surface area contributed by atoms with Gasteiger partial charge in [-0.2, -0.15) is 0 Å². The van der Waals surface area contributed by atoms with E-state index < -0.39 is 0 Å². The number of likely N-dealkylation sites (tertiary alicyclic amines) is 1. The lowest BCUT2D eigenvalue weighted by Crippen LogP contribution is -2.47. The van der Waals surface area contributed by atoms with E-state index in [0.717, 1.165) is 18.4 Å². The number of hydrogen-bond acceptors (Lipinski definition) is 3. The van der Waals surface area contributed by atoms with Gasteiger partial charge in [-0.1, -0.05) is 24.3 Å². The Hall–Kier alpha value is -2.34. The van der Waals surface area contributed by atoms with Crippen LogP contribution in [0.15, 0.2) is 53.4 Å². The lowest BCUT2D eigenvalue weighted by Gasteiger charge is -2.32. The molecule has 4 nitrogen and oxygen atoms in total. The maximum absolute atomic E-state index is 12.9. The minimum absolute atomic E-state index is 0.0216. The summed E-state index contributed by atoms with van der Waals surface area (Å²) in [6.45, 7) is 1.20. The van der Waals surface area contributed by atoms with Gasteiger partial charge in [0, 0.05) is 24.0 Å². The molecule has 0 aromatic heterocycles. The van der Waals surface area contributed by atoms with Crippen LogP contribution in [0.1, 0.15) is 28.8 Å². The van der Waals surface area contributed by atoms with Gasteiger partial charge in [-0.25, -0.2) is 4.39 Å². The van der Waals surface area contributed by atoms with Crippen molar-refractivity contribution in [2.75, 3.05) is 13.1 Å². The average Bonchev–Trinajstić information content (AvgIpc) is 2.64. The van der Waals surface area contributed by atoms with E-state index in [1.54, 1.807) is 29.2 Å². The van der Waals surface area contributed by atoms with Crippen LogP contribution in [-0.4, -0.2) is 35.8 Å². The molecule has 0 saturated carbocycles. The normalized spacial score (nSPS) is 14.9. The zero-order chi connectivity index (χ0) is 18.5. The number of carbonyl (C=O) groups excluding carboxylic acids is 2. The lowest BCUT2D eigenvalue weighted by atomic mass is 10.0. The quantitative estimate of drug-likeness (QED) is 0.811. The van der Waals surface area contributed by atoms with Gasteiger partial charge >= 0.3 is 0 Å². The molecule has 0 aliphatic carbocycles. The molecule has 2 aromatic rings. The number of amides is 2. The van der Waals surface area contributed by atoms with Crippen LogP contribution in [0.4, 0.5) is 4.39 Å². The Balaban J connectivity index is 1.49. The summed E-state index contributed by atoms with van der Waals surface area (Å²) in [6.07, 6.45) is 1.66. The van der Waals surface area contributed by atoms with Crippen LogP contribution in [0, 0.1) is 5.82 Å². The van der Waals surface area contributed by atoms with Gasteiger partial charge in [-0.05, 0) is 42.7 Å². The third-order valence-electron chi connectivity index (χ3n) is 4.56. The summed E-state index contributed by atoms with van der Waals surface area (Å²) in [7, 11) is 0. The maximum Gasteiger partial charge on any atom is 0.254 e. The first-order valence-electron chi connectivity index (χ1n) is 8.64. The molecule has 1 fully saturated rings. The fraction of sp³-hybridized carbons (Fsp3) is 0.300. The van der Waals surface area contributed by atoms with Gasteiger partial charge < -0.3 is 10.2 Å². The van der Waals surface area contributed by atoms with E-state index in [1.165, 1.54) is 12.1 Å². The smallest absolute Gasteiger partial charge is 0.254 e. The molecule has 2 aromatic carbocycles. The number of halogens is 1. The van der Waals surface area contributed by atoms with Crippen LogP contribution < -0.4 is 5.32 Å². The van der Waals surface area contributed by atoms with Gasteiger partial charge in [-0.3, -0.25) is 9.59 Å². The van der Waals surface area contributed by atoms with Crippen LogP contribution in [0.25, 0.3) is 0 Å². The first-order chi connectivity index (χ1) is 12.5. The summed E-state index contributed by atoms with van der Waals surface area (Å²) >= 11 is 4.35. The molecule has 0 unspecified atom stereocenters. The molecule has 0 bridgehead atoms. The number of hydrogen-bond donors (Lipinski definition) is 2. The van der Waals surface area contributed by atoms with E-state index in [-0.39, 0.29) is 30.1 Å². The van der Waals surface area contributed by atoms with Crippen molar-refractivity contribution in [2.24, 2.45) is 0 Å². The number of nitrogens with one attached hydrogen (secondary N) is 1. The minimum Gasteiger partial charge on any atom is -0.353 e.